The molecule has 1 aliphatic rings. The maximum Gasteiger partial charge on any atom is 0.243 e. The van der Waals surface area contributed by atoms with Crippen molar-refractivity contribution in [3.63, 3.8) is 0 Å². The molecule has 102 valence electrons. The summed E-state index contributed by atoms with van der Waals surface area (Å²) in [7, 11) is 0. The lowest BCUT2D eigenvalue weighted by Crippen LogP contribution is -2.31. The fraction of sp³-hybridized carbons (Fsp3) is 0.438. The summed E-state index contributed by atoms with van der Waals surface area (Å²) in [4.78, 5) is 13.7. The molecular formula is C16H22N2O. The number of carbonyl (C=O) groups excluding carboxylic acids is 1. The maximum absolute atomic E-state index is 11.2. The van der Waals surface area contributed by atoms with Gasteiger partial charge in [-0.3, -0.25) is 9.69 Å². The third-order valence-corrected chi connectivity index (χ3v) is 3.82. The molecule has 1 aliphatic heterocycles. The van der Waals surface area contributed by atoms with Gasteiger partial charge in [0.1, 0.15) is 0 Å². The van der Waals surface area contributed by atoms with Crippen LogP contribution in [0.3, 0.4) is 0 Å². The van der Waals surface area contributed by atoms with Gasteiger partial charge in [-0.2, -0.15) is 0 Å². The minimum Gasteiger partial charge on any atom is -0.352 e. The van der Waals surface area contributed by atoms with Crippen LogP contribution in [0.5, 0.6) is 0 Å². The molecule has 1 fully saturated rings. The quantitative estimate of drug-likeness (QED) is 0.820. The van der Waals surface area contributed by atoms with E-state index in [-0.39, 0.29) is 5.91 Å². The highest BCUT2D eigenvalue weighted by Gasteiger charge is 2.29. The average Bonchev–Trinajstić information content (AvgIpc) is 2.77. The van der Waals surface area contributed by atoms with Crippen molar-refractivity contribution in [3.8, 4) is 0 Å². The highest BCUT2D eigenvalue weighted by atomic mass is 16.1. The Morgan fingerprint density at radius 2 is 2.16 bits per heavy atom. The monoisotopic (exact) mass is 258 g/mol. The van der Waals surface area contributed by atoms with Crippen LogP contribution in [-0.4, -0.2) is 30.4 Å². The zero-order valence-electron chi connectivity index (χ0n) is 11.5. The Balaban J connectivity index is 1.83. The number of carbonyl (C=O) groups is 1. The highest BCUT2D eigenvalue weighted by molar-refractivity contribution is 5.86. The van der Waals surface area contributed by atoms with Crippen molar-refractivity contribution in [2.75, 3.05) is 19.6 Å². The van der Waals surface area contributed by atoms with E-state index < -0.39 is 0 Å². The van der Waals surface area contributed by atoms with Crippen LogP contribution in [0.4, 0.5) is 0 Å². The van der Waals surface area contributed by atoms with Crippen molar-refractivity contribution < 1.29 is 4.79 Å². The van der Waals surface area contributed by atoms with E-state index in [1.807, 2.05) is 6.07 Å². The van der Waals surface area contributed by atoms with Crippen LogP contribution in [0.2, 0.25) is 0 Å². The standard InChI is InChI=1S/C16H22N2O/c1-3-16(19)17-9-15-12-18(10-13(15)2)11-14-7-5-4-6-8-14/h3-8,13,15H,1,9-12H2,2H3,(H,17,19). The zero-order valence-corrected chi connectivity index (χ0v) is 11.5. The predicted octanol–water partition coefficient (Wildman–Crippen LogP) is 2.06. The van der Waals surface area contributed by atoms with Gasteiger partial charge in [-0.15, -0.1) is 0 Å². The predicted molar refractivity (Wildman–Crippen MR) is 77.6 cm³/mol. The Kier molecular flexibility index (Phi) is 4.74. The van der Waals surface area contributed by atoms with Crippen LogP contribution in [0.15, 0.2) is 43.0 Å². The Morgan fingerprint density at radius 3 is 2.84 bits per heavy atom. The Morgan fingerprint density at radius 1 is 1.42 bits per heavy atom. The summed E-state index contributed by atoms with van der Waals surface area (Å²) in [6.07, 6.45) is 1.33. The van der Waals surface area contributed by atoms with Crippen LogP contribution in [-0.2, 0) is 11.3 Å². The van der Waals surface area contributed by atoms with Crippen molar-refractivity contribution in [1.82, 2.24) is 10.2 Å². The lowest BCUT2D eigenvalue weighted by molar-refractivity contribution is -0.116. The first-order chi connectivity index (χ1) is 9.19. The number of benzene rings is 1. The largest absolute Gasteiger partial charge is 0.352 e. The van der Waals surface area contributed by atoms with Crippen LogP contribution in [0, 0.1) is 11.8 Å². The number of hydrogen-bond donors (Lipinski definition) is 1. The van der Waals surface area contributed by atoms with Gasteiger partial charge in [-0.1, -0.05) is 43.8 Å². The summed E-state index contributed by atoms with van der Waals surface area (Å²) >= 11 is 0. The Labute approximate surface area is 115 Å². The number of likely N-dealkylation sites (tertiary alicyclic amines) is 1. The summed E-state index contributed by atoms with van der Waals surface area (Å²) in [5.74, 6) is 1.08. The maximum atomic E-state index is 11.2. The lowest BCUT2D eigenvalue weighted by atomic mass is 9.98. The van der Waals surface area contributed by atoms with E-state index in [0.717, 1.165) is 26.2 Å². The van der Waals surface area contributed by atoms with Gasteiger partial charge < -0.3 is 5.32 Å². The van der Waals surface area contributed by atoms with E-state index >= 15 is 0 Å². The summed E-state index contributed by atoms with van der Waals surface area (Å²) in [5.41, 5.74) is 1.35. The molecule has 0 aromatic heterocycles. The van der Waals surface area contributed by atoms with Gasteiger partial charge >= 0.3 is 0 Å². The molecule has 3 nitrogen and oxygen atoms in total. The second kappa shape index (κ2) is 6.53. The van der Waals surface area contributed by atoms with E-state index in [1.54, 1.807) is 0 Å². The zero-order chi connectivity index (χ0) is 13.7. The van der Waals surface area contributed by atoms with E-state index in [4.69, 9.17) is 0 Å². The molecular weight excluding hydrogens is 236 g/mol. The van der Waals surface area contributed by atoms with E-state index in [2.05, 4.69) is 48.0 Å². The second-order valence-electron chi connectivity index (χ2n) is 5.37. The molecule has 0 radical (unpaired) electrons. The molecule has 2 unspecified atom stereocenters. The van der Waals surface area contributed by atoms with Crippen molar-refractivity contribution >= 4 is 5.91 Å². The molecule has 19 heavy (non-hydrogen) atoms. The van der Waals surface area contributed by atoms with E-state index in [9.17, 15) is 4.79 Å². The van der Waals surface area contributed by atoms with Crippen LogP contribution >= 0.6 is 0 Å². The Hall–Kier alpha value is -1.61. The van der Waals surface area contributed by atoms with Gasteiger partial charge in [0.05, 0.1) is 0 Å². The van der Waals surface area contributed by atoms with Gasteiger partial charge in [-0.25, -0.2) is 0 Å². The first-order valence-corrected chi connectivity index (χ1v) is 6.85. The molecule has 1 aromatic carbocycles. The van der Waals surface area contributed by atoms with Crippen molar-refractivity contribution in [2.45, 2.75) is 13.5 Å². The summed E-state index contributed by atoms with van der Waals surface area (Å²) in [5, 5.41) is 2.91. The number of rotatable bonds is 5. The molecule has 1 N–H and O–H groups in total. The van der Waals surface area contributed by atoms with E-state index in [0.29, 0.717) is 11.8 Å². The number of amides is 1. The molecule has 1 amide bonds. The molecule has 1 heterocycles. The molecule has 0 saturated carbocycles. The normalized spacial score (nSPS) is 23.2. The van der Waals surface area contributed by atoms with E-state index in [1.165, 1.54) is 11.6 Å². The molecule has 2 atom stereocenters. The average molecular weight is 258 g/mol. The summed E-state index contributed by atoms with van der Waals surface area (Å²) in [6, 6.07) is 10.5. The van der Waals surface area contributed by atoms with Gasteiger partial charge in [0, 0.05) is 26.2 Å². The molecule has 3 heteroatoms. The first kappa shape index (κ1) is 13.8. The SMILES string of the molecule is C=CC(=O)NCC1CN(Cc2ccccc2)CC1C. The summed E-state index contributed by atoms with van der Waals surface area (Å²) < 4.78 is 0. The number of hydrogen-bond acceptors (Lipinski definition) is 2. The van der Waals surface area contributed by atoms with Gasteiger partial charge in [-0.05, 0) is 23.5 Å². The van der Waals surface area contributed by atoms with Crippen molar-refractivity contribution in [3.05, 3.63) is 48.6 Å². The van der Waals surface area contributed by atoms with Crippen LogP contribution in [0.25, 0.3) is 0 Å². The smallest absolute Gasteiger partial charge is 0.243 e. The van der Waals surface area contributed by atoms with Gasteiger partial charge in [0.15, 0.2) is 0 Å². The summed E-state index contributed by atoms with van der Waals surface area (Å²) in [6.45, 7) is 9.63. The number of nitrogens with one attached hydrogen (secondary N) is 1. The molecule has 1 saturated heterocycles. The van der Waals surface area contributed by atoms with Gasteiger partial charge in [0.25, 0.3) is 0 Å². The topological polar surface area (TPSA) is 32.3 Å². The fourth-order valence-electron chi connectivity index (χ4n) is 2.68. The van der Waals surface area contributed by atoms with Crippen LogP contribution < -0.4 is 5.32 Å². The molecule has 1 aromatic rings. The molecule has 0 spiro atoms. The minimum atomic E-state index is -0.0753. The van der Waals surface area contributed by atoms with Gasteiger partial charge in [0.2, 0.25) is 5.91 Å². The molecule has 0 bridgehead atoms. The third-order valence-electron chi connectivity index (χ3n) is 3.82. The molecule has 2 rings (SSSR count). The van der Waals surface area contributed by atoms with Crippen molar-refractivity contribution in [2.24, 2.45) is 11.8 Å². The van der Waals surface area contributed by atoms with Crippen LogP contribution in [0.1, 0.15) is 12.5 Å². The third kappa shape index (κ3) is 3.93. The number of nitrogens with zero attached hydrogens (tertiary/aromatic N) is 1. The fourth-order valence-corrected chi connectivity index (χ4v) is 2.68. The lowest BCUT2D eigenvalue weighted by Gasteiger charge is -2.16. The molecule has 0 aliphatic carbocycles. The highest BCUT2D eigenvalue weighted by Crippen LogP contribution is 2.23. The van der Waals surface area contributed by atoms with Crippen molar-refractivity contribution in [1.29, 1.82) is 0 Å². The first-order valence-electron chi connectivity index (χ1n) is 6.85. The Bertz CT molecular complexity index is 430. The minimum absolute atomic E-state index is 0.0753. The second-order valence-corrected chi connectivity index (χ2v) is 5.37.